The number of benzene rings is 1. The smallest absolute Gasteiger partial charge is 0.193 e. The molecule has 0 aliphatic rings. The number of halogens is 4. The maximum atomic E-state index is 13.6. The highest BCUT2D eigenvalue weighted by Crippen LogP contribution is 2.42. The summed E-state index contributed by atoms with van der Waals surface area (Å²) in [6, 6.07) is 0. The van der Waals surface area contributed by atoms with E-state index in [-0.39, 0.29) is 21.5 Å². The van der Waals surface area contributed by atoms with E-state index in [1.165, 1.54) is 14.2 Å². The topological polar surface area (TPSA) is 27.7 Å². The van der Waals surface area contributed by atoms with Crippen LogP contribution in [-0.4, -0.2) is 21.0 Å². The van der Waals surface area contributed by atoms with Crippen LogP contribution < -0.4 is 9.47 Å². The molecule has 1 rings (SSSR count). The van der Waals surface area contributed by atoms with Gasteiger partial charge in [-0.2, -0.15) is 0 Å². The van der Waals surface area contributed by atoms with Gasteiger partial charge in [-0.05, 0) is 31.9 Å². The van der Waals surface area contributed by atoms with Gasteiger partial charge in [0.2, 0.25) is 0 Å². The van der Waals surface area contributed by atoms with Crippen molar-refractivity contribution in [3.05, 3.63) is 20.6 Å². The molecule has 1 aromatic carbocycles. The SMILES string of the molecule is COCOc1c(Br)c(F)c(OC)c(F)c1Br. The molecular formula is C9H8Br2F2O3. The molecule has 0 N–H and O–H groups in total. The van der Waals surface area contributed by atoms with Crippen LogP contribution in [0.3, 0.4) is 0 Å². The second kappa shape index (κ2) is 5.79. The standard InChI is InChI=1S/C9H8Br2F2O3/c1-14-3-16-8-4(10)6(12)9(15-2)7(13)5(8)11/h3H2,1-2H3. The fourth-order valence-corrected chi connectivity index (χ4v) is 2.27. The van der Waals surface area contributed by atoms with Gasteiger partial charge in [-0.3, -0.25) is 0 Å². The molecule has 0 spiro atoms. The van der Waals surface area contributed by atoms with Gasteiger partial charge in [-0.25, -0.2) is 8.78 Å². The molecule has 90 valence electrons. The lowest BCUT2D eigenvalue weighted by atomic mass is 10.3. The van der Waals surface area contributed by atoms with E-state index in [2.05, 4.69) is 41.3 Å². The number of methoxy groups -OCH3 is 2. The van der Waals surface area contributed by atoms with E-state index in [0.717, 1.165) is 0 Å². The summed E-state index contributed by atoms with van der Waals surface area (Å²) >= 11 is 5.91. The van der Waals surface area contributed by atoms with Crippen molar-refractivity contribution in [1.29, 1.82) is 0 Å². The van der Waals surface area contributed by atoms with Crippen molar-refractivity contribution in [1.82, 2.24) is 0 Å². The Hall–Kier alpha value is -0.400. The van der Waals surface area contributed by atoms with Gasteiger partial charge in [0.1, 0.15) is 8.95 Å². The molecule has 0 fully saturated rings. The molecule has 0 heterocycles. The van der Waals surface area contributed by atoms with Crippen LogP contribution in [0.15, 0.2) is 8.95 Å². The van der Waals surface area contributed by atoms with E-state index >= 15 is 0 Å². The Bertz CT molecular complexity index is 370. The Morgan fingerprint density at radius 3 is 1.88 bits per heavy atom. The first kappa shape index (κ1) is 13.7. The molecule has 0 unspecified atom stereocenters. The summed E-state index contributed by atoms with van der Waals surface area (Å²) in [4.78, 5) is 0. The van der Waals surface area contributed by atoms with Crippen molar-refractivity contribution in [2.45, 2.75) is 0 Å². The third kappa shape index (κ3) is 2.46. The Morgan fingerprint density at radius 2 is 1.50 bits per heavy atom. The first-order chi connectivity index (χ1) is 7.54. The van der Waals surface area contributed by atoms with E-state index in [4.69, 9.17) is 4.74 Å². The number of rotatable bonds is 4. The van der Waals surface area contributed by atoms with Crippen LogP contribution in [0, 0.1) is 11.6 Å². The van der Waals surface area contributed by atoms with Gasteiger partial charge in [0, 0.05) is 7.11 Å². The molecular weight excluding hydrogens is 354 g/mol. The fourth-order valence-electron chi connectivity index (χ4n) is 1.02. The molecule has 0 aromatic heterocycles. The van der Waals surface area contributed by atoms with E-state index < -0.39 is 17.4 Å². The maximum absolute atomic E-state index is 13.6. The summed E-state index contributed by atoms with van der Waals surface area (Å²) in [6.07, 6.45) is 0. The van der Waals surface area contributed by atoms with Crippen molar-refractivity contribution < 1.29 is 23.0 Å². The molecule has 3 nitrogen and oxygen atoms in total. The number of ether oxygens (including phenoxy) is 3. The lowest BCUT2D eigenvalue weighted by Crippen LogP contribution is -2.04. The fraction of sp³-hybridized carbons (Fsp3) is 0.333. The minimum Gasteiger partial charge on any atom is -0.491 e. The van der Waals surface area contributed by atoms with Gasteiger partial charge < -0.3 is 14.2 Å². The highest BCUT2D eigenvalue weighted by Gasteiger charge is 2.24. The molecule has 0 aliphatic heterocycles. The molecule has 0 radical (unpaired) electrons. The lowest BCUT2D eigenvalue weighted by molar-refractivity contribution is 0.0493. The highest BCUT2D eigenvalue weighted by atomic mass is 79.9. The van der Waals surface area contributed by atoms with E-state index in [9.17, 15) is 8.78 Å². The monoisotopic (exact) mass is 360 g/mol. The van der Waals surface area contributed by atoms with Gasteiger partial charge in [-0.1, -0.05) is 0 Å². The van der Waals surface area contributed by atoms with Crippen molar-refractivity contribution in [2.75, 3.05) is 21.0 Å². The van der Waals surface area contributed by atoms with Crippen LogP contribution in [-0.2, 0) is 4.74 Å². The zero-order chi connectivity index (χ0) is 12.3. The Morgan fingerprint density at radius 1 is 1.00 bits per heavy atom. The second-order valence-electron chi connectivity index (χ2n) is 2.67. The van der Waals surface area contributed by atoms with E-state index in [1.807, 2.05) is 0 Å². The molecule has 0 atom stereocenters. The van der Waals surface area contributed by atoms with Crippen molar-refractivity contribution >= 4 is 31.9 Å². The first-order valence-electron chi connectivity index (χ1n) is 4.06. The molecule has 7 heteroatoms. The van der Waals surface area contributed by atoms with Gasteiger partial charge in [-0.15, -0.1) is 0 Å². The molecule has 0 bridgehead atoms. The zero-order valence-corrected chi connectivity index (χ0v) is 11.6. The minimum atomic E-state index is -0.866. The predicted molar refractivity (Wildman–Crippen MR) is 60.8 cm³/mol. The number of hydrogen-bond acceptors (Lipinski definition) is 3. The highest BCUT2D eigenvalue weighted by molar-refractivity contribution is 9.11. The van der Waals surface area contributed by atoms with Crippen molar-refractivity contribution in [3.63, 3.8) is 0 Å². The average Bonchev–Trinajstić information content (AvgIpc) is 2.27. The van der Waals surface area contributed by atoms with Gasteiger partial charge >= 0.3 is 0 Å². The van der Waals surface area contributed by atoms with Gasteiger partial charge in [0.15, 0.2) is 29.9 Å². The van der Waals surface area contributed by atoms with Gasteiger partial charge in [0.05, 0.1) is 7.11 Å². The van der Waals surface area contributed by atoms with Crippen LogP contribution in [0.1, 0.15) is 0 Å². The van der Waals surface area contributed by atoms with Crippen LogP contribution in [0.4, 0.5) is 8.78 Å². The largest absolute Gasteiger partial charge is 0.491 e. The third-order valence-electron chi connectivity index (χ3n) is 1.71. The molecule has 0 amide bonds. The predicted octanol–water partition coefficient (Wildman–Crippen LogP) is 3.48. The summed E-state index contributed by atoms with van der Waals surface area (Å²) in [5.74, 6) is -2.23. The maximum Gasteiger partial charge on any atom is 0.193 e. The first-order valence-corrected chi connectivity index (χ1v) is 5.64. The summed E-state index contributed by atoms with van der Waals surface area (Å²) < 4.78 is 41.4. The molecule has 0 saturated carbocycles. The van der Waals surface area contributed by atoms with Crippen LogP contribution in [0.25, 0.3) is 0 Å². The Balaban J connectivity index is 3.29. The van der Waals surface area contributed by atoms with E-state index in [1.54, 1.807) is 0 Å². The normalized spacial score (nSPS) is 10.4. The Kier molecular flexibility index (Phi) is 4.94. The van der Waals surface area contributed by atoms with Crippen molar-refractivity contribution in [3.8, 4) is 11.5 Å². The quantitative estimate of drug-likeness (QED) is 0.607. The van der Waals surface area contributed by atoms with E-state index in [0.29, 0.717) is 0 Å². The molecule has 0 saturated heterocycles. The minimum absolute atomic E-state index is 0.0161. The van der Waals surface area contributed by atoms with Crippen molar-refractivity contribution in [2.24, 2.45) is 0 Å². The zero-order valence-electron chi connectivity index (χ0n) is 8.44. The average molecular weight is 362 g/mol. The molecule has 0 aliphatic carbocycles. The summed E-state index contributed by atoms with van der Waals surface area (Å²) in [7, 11) is 2.58. The molecule has 1 aromatic rings. The Labute approximate surface area is 108 Å². The van der Waals surface area contributed by atoms with Gasteiger partial charge in [0.25, 0.3) is 0 Å². The lowest BCUT2D eigenvalue weighted by Gasteiger charge is -2.13. The van der Waals surface area contributed by atoms with Crippen LogP contribution in [0.2, 0.25) is 0 Å². The van der Waals surface area contributed by atoms with Crippen LogP contribution in [0.5, 0.6) is 11.5 Å². The second-order valence-corrected chi connectivity index (χ2v) is 4.26. The van der Waals surface area contributed by atoms with Crippen LogP contribution >= 0.6 is 31.9 Å². The third-order valence-corrected chi connectivity index (χ3v) is 3.12. The number of hydrogen-bond donors (Lipinski definition) is 0. The molecule has 16 heavy (non-hydrogen) atoms. The summed E-state index contributed by atoms with van der Waals surface area (Å²) in [6.45, 7) is -0.123. The summed E-state index contributed by atoms with van der Waals surface area (Å²) in [5.41, 5.74) is 0. The summed E-state index contributed by atoms with van der Waals surface area (Å²) in [5, 5.41) is 0.